The largest absolute Gasteiger partial charge is 0.235 e. The molecule has 1 saturated carbocycles. The van der Waals surface area contributed by atoms with Crippen molar-refractivity contribution in [1.29, 1.82) is 0 Å². The van der Waals surface area contributed by atoms with Crippen molar-refractivity contribution in [1.82, 2.24) is 0 Å². The lowest BCUT2D eigenvalue weighted by Crippen LogP contribution is -1.85. The fourth-order valence-corrected chi connectivity index (χ4v) is 2.08. The number of halogens is 1. The smallest absolute Gasteiger partial charge is 0.211 e. The molecule has 1 aliphatic rings. The highest BCUT2D eigenvalue weighted by Crippen LogP contribution is 2.45. The Morgan fingerprint density at radius 3 is 2.92 bits per heavy atom. The Labute approximate surface area is 84.8 Å². The summed E-state index contributed by atoms with van der Waals surface area (Å²) in [5.74, 6) is 0.414. The average Bonchev–Trinajstić information content (AvgIpc) is 2.86. The summed E-state index contributed by atoms with van der Waals surface area (Å²) in [6, 6.07) is 8.22. The van der Waals surface area contributed by atoms with Crippen LogP contribution < -0.4 is 0 Å². The normalized spacial score (nSPS) is 25.0. The van der Waals surface area contributed by atoms with E-state index in [0.29, 0.717) is 5.92 Å². The molecule has 2 nitrogen and oxygen atoms in total. The number of isocyanates is 1. The van der Waals surface area contributed by atoms with Crippen molar-refractivity contribution < 1.29 is 4.79 Å². The number of aliphatic imine (C=N–C) groups is 1. The van der Waals surface area contributed by atoms with Crippen LogP contribution in [0.15, 0.2) is 33.7 Å². The van der Waals surface area contributed by atoms with E-state index in [9.17, 15) is 4.79 Å². The van der Waals surface area contributed by atoms with Crippen LogP contribution in [0.3, 0.4) is 0 Å². The SMILES string of the molecule is O=C=N[C@H]1C[C@H]1c1ccccc1Br. The van der Waals surface area contributed by atoms with Crippen molar-refractivity contribution in [3.63, 3.8) is 0 Å². The van der Waals surface area contributed by atoms with E-state index in [1.54, 1.807) is 6.08 Å². The van der Waals surface area contributed by atoms with Gasteiger partial charge in [0.25, 0.3) is 0 Å². The van der Waals surface area contributed by atoms with E-state index < -0.39 is 0 Å². The van der Waals surface area contributed by atoms with E-state index in [1.807, 2.05) is 18.2 Å². The van der Waals surface area contributed by atoms with E-state index in [2.05, 4.69) is 27.0 Å². The van der Waals surface area contributed by atoms with Crippen LogP contribution in [0.1, 0.15) is 17.9 Å². The summed E-state index contributed by atoms with van der Waals surface area (Å²) in [4.78, 5) is 13.7. The zero-order valence-corrected chi connectivity index (χ0v) is 8.49. The highest BCUT2D eigenvalue weighted by Gasteiger charge is 2.39. The summed E-state index contributed by atoms with van der Waals surface area (Å²) < 4.78 is 1.10. The van der Waals surface area contributed by atoms with Gasteiger partial charge in [-0.1, -0.05) is 34.1 Å². The second-order valence-electron chi connectivity index (χ2n) is 3.15. The van der Waals surface area contributed by atoms with Gasteiger partial charge in [-0.3, -0.25) is 0 Å². The third-order valence-electron chi connectivity index (χ3n) is 2.28. The van der Waals surface area contributed by atoms with Crippen LogP contribution in [0.25, 0.3) is 0 Å². The Bertz CT molecular complexity index is 371. The van der Waals surface area contributed by atoms with Crippen LogP contribution in [0.4, 0.5) is 0 Å². The summed E-state index contributed by atoms with van der Waals surface area (Å²) in [5, 5.41) is 0. The third-order valence-corrected chi connectivity index (χ3v) is 3.00. The maximum Gasteiger partial charge on any atom is 0.235 e. The Morgan fingerprint density at radius 1 is 1.46 bits per heavy atom. The zero-order valence-electron chi connectivity index (χ0n) is 6.90. The topological polar surface area (TPSA) is 29.4 Å². The quantitative estimate of drug-likeness (QED) is 0.575. The van der Waals surface area contributed by atoms with Gasteiger partial charge < -0.3 is 0 Å². The van der Waals surface area contributed by atoms with E-state index in [4.69, 9.17) is 0 Å². The fourth-order valence-electron chi connectivity index (χ4n) is 1.50. The zero-order chi connectivity index (χ0) is 9.26. The summed E-state index contributed by atoms with van der Waals surface area (Å²) in [7, 11) is 0. The van der Waals surface area contributed by atoms with E-state index in [-0.39, 0.29) is 6.04 Å². The molecular formula is C10H8BrNO. The fraction of sp³-hybridized carbons (Fsp3) is 0.300. The molecule has 0 aromatic heterocycles. The van der Waals surface area contributed by atoms with Crippen molar-refractivity contribution in [2.45, 2.75) is 18.4 Å². The van der Waals surface area contributed by atoms with Crippen LogP contribution in [-0.4, -0.2) is 12.1 Å². The van der Waals surface area contributed by atoms with Crippen molar-refractivity contribution in [2.24, 2.45) is 4.99 Å². The number of rotatable bonds is 2. The van der Waals surface area contributed by atoms with E-state index in [1.165, 1.54) is 5.56 Å². The number of hydrogen-bond acceptors (Lipinski definition) is 2. The molecule has 1 aliphatic carbocycles. The van der Waals surface area contributed by atoms with Crippen LogP contribution in [0.5, 0.6) is 0 Å². The van der Waals surface area contributed by atoms with Crippen LogP contribution in [0, 0.1) is 0 Å². The molecule has 1 aromatic carbocycles. The molecule has 66 valence electrons. The minimum Gasteiger partial charge on any atom is -0.211 e. The predicted octanol–water partition coefficient (Wildman–Crippen LogP) is 2.64. The molecule has 2 rings (SSSR count). The van der Waals surface area contributed by atoms with Gasteiger partial charge in [0.1, 0.15) is 0 Å². The molecule has 0 spiro atoms. The van der Waals surface area contributed by atoms with Gasteiger partial charge in [-0.05, 0) is 18.1 Å². The van der Waals surface area contributed by atoms with Gasteiger partial charge >= 0.3 is 0 Å². The minimum absolute atomic E-state index is 0.163. The molecule has 1 aromatic rings. The third kappa shape index (κ3) is 1.71. The molecule has 0 bridgehead atoms. The molecular weight excluding hydrogens is 230 g/mol. The Morgan fingerprint density at radius 2 is 2.23 bits per heavy atom. The van der Waals surface area contributed by atoms with Crippen molar-refractivity contribution in [3.05, 3.63) is 34.3 Å². The molecule has 2 atom stereocenters. The van der Waals surface area contributed by atoms with Crippen molar-refractivity contribution in [2.75, 3.05) is 0 Å². The molecule has 0 aliphatic heterocycles. The highest BCUT2D eigenvalue weighted by atomic mass is 79.9. The molecule has 1 fully saturated rings. The predicted molar refractivity (Wildman–Crippen MR) is 53.4 cm³/mol. The maximum atomic E-state index is 10.0. The molecule has 0 radical (unpaired) electrons. The lowest BCUT2D eigenvalue weighted by atomic mass is 10.1. The van der Waals surface area contributed by atoms with Gasteiger partial charge in [0.15, 0.2) is 0 Å². The van der Waals surface area contributed by atoms with E-state index >= 15 is 0 Å². The Hall–Kier alpha value is -0.920. The standard InChI is InChI=1S/C10H8BrNO/c11-9-4-2-1-3-7(9)8-5-10(8)12-6-13/h1-4,8,10H,5H2/t8-,10-/m0/s1. The van der Waals surface area contributed by atoms with Gasteiger partial charge in [-0.2, -0.15) is 0 Å². The summed E-state index contributed by atoms with van der Waals surface area (Å²) in [6.45, 7) is 0. The number of nitrogens with zero attached hydrogens (tertiary/aromatic N) is 1. The molecule has 0 heterocycles. The molecule has 0 amide bonds. The first-order chi connectivity index (χ1) is 6.33. The number of hydrogen-bond donors (Lipinski definition) is 0. The lowest BCUT2D eigenvalue weighted by molar-refractivity contribution is 0.562. The van der Waals surface area contributed by atoms with Crippen molar-refractivity contribution in [3.8, 4) is 0 Å². The molecule has 0 unspecified atom stereocenters. The Balaban J connectivity index is 2.20. The molecule has 0 N–H and O–H groups in total. The first kappa shape index (κ1) is 8.67. The van der Waals surface area contributed by atoms with Crippen LogP contribution in [0.2, 0.25) is 0 Å². The van der Waals surface area contributed by atoms with Crippen LogP contribution >= 0.6 is 15.9 Å². The summed E-state index contributed by atoms with van der Waals surface area (Å²) >= 11 is 3.48. The number of benzene rings is 1. The first-order valence-corrected chi connectivity index (χ1v) is 4.93. The van der Waals surface area contributed by atoms with Gasteiger partial charge in [0, 0.05) is 10.4 Å². The van der Waals surface area contributed by atoms with Gasteiger partial charge in [-0.15, -0.1) is 0 Å². The van der Waals surface area contributed by atoms with Crippen molar-refractivity contribution >= 4 is 22.0 Å². The average molecular weight is 238 g/mol. The summed E-state index contributed by atoms with van der Waals surface area (Å²) in [6.07, 6.45) is 2.58. The summed E-state index contributed by atoms with van der Waals surface area (Å²) in [5.41, 5.74) is 1.24. The lowest BCUT2D eigenvalue weighted by Gasteiger charge is -1.99. The monoisotopic (exact) mass is 237 g/mol. The molecule has 3 heteroatoms. The second-order valence-corrected chi connectivity index (χ2v) is 4.01. The number of carbonyl (C=O) groups excluding carboxylic acids is 1. The van der Waals surface area contributed by atoms with Gasteiger partial charge in [-0.25, -0.2) is 9.79 Å². The first-order valence-electron chi connectivity index (χ1n) is 4.14. The van der Waals surface area contributed by atoms with Crippen LogP contribution in [-0.2, 0) is 4.79 Å². The minimum atomic E-state index is 0.163. The molecule has 0 saturated heterocycles. The van der Waals surface area contributed by atoms with Gasteiger partial charge in [0.05, 0.1) is 6.04 Å². The maximum absolute atomic E-state index is 10.0. The highest BCUT2D eigenvalue weighted by molar-refractivity contribution is 9.10. The van der Waals surface area contributed by atoms with Gasteiger partial charge in [0.2, 0.25) is 6.08 Å². The second kappa shape index (κ2) is 3.44. The van der Waals surface area contributed by atoms with E-state index in [0.717, 1.165) is 10.9 Å². The molecule has 13 heavy (non-hydrogen) atoms. The Kier molecular flexibility index (Phi) is 2.30.